The average Bonchev–Trinajstić information content (AvgIpc) is 2.92. The lowest BCUT2D eigenvalue weighted by Gasteiger charge is -2.18. The van der Waals surface area contributed by atoms with Crippen LogP contribution in [-0.2, 0) is 9.47 Å². The summed E-state index contributed by atoms with van der Waals surface area (Å²) < 4.78 is 10.4. The number of hydrogen-bond acceptors (Lipinski definition) is 5. The van der Waals surface area contributed by atoms with Gasteiger partial charge in [-0.15, -0.1) is 0 Å². The number of thioether (sulfide) groups is 1. The molecule has 8 nitrogen and oxygen atoms in total. The van der Waals surface area contributed by atoms with E-state index in [1.54, 1.807) is 17.8 Å². The standard InChI is InChI=1S/C30H52N4O4S/c1-6-10-12-14-16-20-31-29(39-9-4)34(21-17-15-13-11-7-2)28(35)32-26-19-18-25(5)27(24-26)33-30(36)38-23-22-37-8-3/h18-19,24H,6-17,20-23H2,1-5H3,(H,32,35)(H,33,36)/p+1. The van der Waals surface area contributed by atoms with E-state index in [1.807, 2.05) is 30.9 Å². The number of aryl methyl sites for hydroxylation is 1. The highest BCUT2D eigenvalue weighted by Crippen LogP contribution is 2.21. The molecule has 0 saturated carbocycles. The van der Waals surface area contributed by atoms with Gasteiger partial charge in [-0.05, 0) is 69.0 Å². The second-order valence-electron chi connectivity index (χ2n) is 9.56. The van der Waals surface area contributed by atoms with Crippen molar-refractivity contribution in [2.45, 2.75) is 98.8 Å². The summed E-state index contributed by atoms with van der Waals surface area (Å²) in [5, 5.41) is 6.73. The molecule has 0 saturated heterocycles. The molecule has 0 bridgehead atoms. The lowest BCUT2D eigenvalue weighted by molar-refractivity contribution is -0.459. The molecule has 0 radical (unpaired) electrons. The molecule has 3 N–H and O–H groups in total. The van der Waals surface area contributed by atoms with Gasteiger partial charge in [-0.3, -0.25) is 15.6 Å². The summed E-state index contributed by atoms with van der Waals surface area (Å²) in [4.78, 5) is 31.2. The molecule has 0 fully saturated rings. The number of rotatable bonds is 19. The van der Waals surface area contributed by atoms with Gasteiger partial charge in [-0.1, -0.05) is 65.4 Å². The molecule has 0 aliphatic rings. The fourth-order valence-electron chi connectivity index (χ4n) is 3.96. The minimum absolute atomic E-state index is 0.172. The molecule has 1 aromatic rings. The van der Waals surface area contributed by atoms with Crippen molar-refractivity contribution in [2.75, 3.05) is 49.3 Å². The molecule has 0 aliphatic carbocycles. The number of ether oxygens (including phenoxy) is 2. The van der Waals surface area contributed by atoms with E-state index in [-0.39, 0.29) is 12.6 Å². The van der Waals surface area contributed by atoms with Crippen molar-refractivity contribution in [2.24, 2.45) is 0 Å². The Morgan fingerprint density at radius 2 is 1.59 bits per heavy atom. The normalized spacial score (nSPS) is 11.4. The maximum Gasteiger partial charge on any atom is 0.413 e. The zero-order chi connectivity index (χ0) is 28.7. The van der Waals surface area contributed by atoms with Crippen LogP contribution in [0.3, 0.4) is 0 Å². The van der Waals surface area contributed by atoms with Gasteiger partial charge >= 0.3 is 17.3 Å². The highest BCUT2D eigenvalue weighted by Gasteiger charge is 2.27. The molecule has 39 heavy (non-hydrogen) atoms. The number of carbonyl (C=O) groups excluding carboxylic acids is 2. The quantitative estimate of drug-likeness (QED) is 0.101. The van der Waals surface area contributed by atoms with E-state index in [0.717, 1.165) is 42.3 Å². The number of amidine groups is 1. The molecule has 9 heteroatoms. The van der Waals surface area contributed by atoms with Crippen LogP contribution in [0.1, 0.15) is 97.5 Å². The maximum absolute atomic E-state index is 13.6. The first-order chi connectivity index (χ1) is 19.0. The Kier molecular flexibility index (Phi) is 20.1. The summed E-state index contributed by atoms with van der Waals surface area (Å²) in [6, 6.07) is 5.32. The number of anilines is 2. The van der Waals surface area contributed by atoms with Gasteiger partial charge in [-0.25, -0.2) is 9.59 Å². The zero-order valence-corrected chi connectivity index (χ0v) is 25.9. The smallest absolute Gasteiger partial charge is 0.413 e. The molecule has 0 spiro atoms. The second-order valence-corrected chi connectivity index (χ2v) is 10.8. The van der Waals surface area contributed by atoms with Crippen molar-refractivity contribution < 1.29 is 24.1 Å². The van der Waals surface area contributed by atoms with E-state index >= 15 is 0 Å². The van der Waals surface area contributed by atoms with E-state index in [2.05, 4.69) is 36.4 Å². The summed E-state index contributed by atoms with van der Waals surface area (Å²) in [6.07, 6.45) is 11.1. The first-order valence-corrected chi connectivity index (χ1v) is 15.9. The Labute approximate surface area is 241 Å². The third-order valence-electron chi connectivity index (χ3n) is 6.20. The van der Waals surface area contributed by atoms with Crippen molar-refractivity contribution in [1.29, 1.82) is 0 Å². The van der Waals surface area contributed by atoms with Crippen LogP contribution < -0.4 is 15.6 Å². The molecule has 3 amide bonds. The summed E-state index contributed by atoms with van der Waals surface area (Å²) >= 11 is 1.67. The highest BCUT2D eigenvalue weighted by molar-refractivity contribution is 8.13. The van der Waals surface area contributed by atoms with E-state index in [9.17, 15) is 9.59 Å². The van der Waals surface area contributed by atoms with Gasteiger partial charge in [-0.2, -0.15) is 4.90 Å². The van der Waals surface area contributed by atoms with Gasteiger partial charge in [0.05, 0.1) is 19.7 Å². The van der Waals surface area contributed by atoms with Crippen molar-refractivity contribution >= 4 is 40.4 Å². The number of nitrogens with zero attached hydrogens (tertiary/aromatic N) is 1. The maximum atomic E-state index is 13.6. The minimum Gasteiger partial charge on any atom is -0.447 e. The number of amides is 3. The van der Waals surface area contributed by atoms with Crippen molar-refractivity contribution in [3.05, 3.63) is 23.8 Å². The van der Waals surface area contributed by atoms with E-state index in [4.69, 9.17) is 9.47 Å². The Morgan fingerprint density at radius 3 is 2.26 bits per heavy atom. The summed E-state index contributed by atoms with van der Waals surface area (Å²) in [5.41, 5.74) is 2.09. The number of urea groups is 1. The topological polar surface area (TPSA) is 93.9 Å². The molecule has 0 unspecified atom stereocenters. The van der Waals surface area contributed by atoms with Crippen LogP contribution in [0.2, 0.25) is 0 Å². The van der Waals surface area contributed by atoms with Crippen molar-refractivity contribution in [1.82, 2.24) is 4.90 Å². The SMILES string of the molecule is CCCCCCC[NH+]=C(SCC)N(CCCCCCC)C(=O)Nc1ccc(C)c(NC(=O)OCCOCC)c1. The first kappa shape index (κ1) is 34.8. The Morgan fingerprint density at radius 1 is 0.897 bits per heavy atom. The fourth-order valence-corrected chi connectivity index (χ4v) is 4.77. The Bertz CT molecular complexity index is 850. The zero-order valence-electron chi connectivity index (χ0n) is 25.0. The number of carbonyl (C=O) groups is 2. The molecular formula is C30H53N4O4S+. The molecule has 0 atom stereocenters. The molecular weight excluding hydrogens is 512 g/mol. The van der Waals surface area contributed by atoms with Crippen LogP contribution in [0.4, 0.5) is 21.0 Å². The van der Waals surface area contributed by atoms with E-state index < -0.39 is 6.09 Å². The molecule has 0 heterocycles. The van der Waals surface area contributed by atoms with E-state index in [1.165, 1.54) is 44.9 Å². The van der Waals surface area contributed by atoms with Crippen LogP contribution >= 0.6 is 11.8 Å². The molecule has 1 aromatic carbocycles. The van der Waals surface area contributed by atoms with Gasteiger partial charge in [0.2, 0.25) is 0 Å². The number of hydrogen-bond donors (Lipinski definition) is 3. The average molecular weight is 566 g/mol. The van der Waals surface area contributed by atoms with Crippen LogP contribution in [0.25, 0.3) is 0 Å². The molecule has 0 aliphatic heterocycles. The van der Waals surface area contributed by atoms with Crippen LogP contribution in [-0.4, -0.2) is 60.9 Å². The summed E-state index contributed by atoms with van der Waals surface area (Å²) in [7, 11) is 0. The fraction of sp³-hybridized carbons (Fsp3) is 0.700. The number of unbranched alkanes of at least 4 members (excludes halogenated alkanes) is 8. The predicted molar refractivity (Wildman–Crippen MR) is 165 cm³/mol. The largest absolute Gasteiger partial charge is 0.447 e. The highest BCUT2D eigenvalue weighted by atomic mass is 32.2. The number of benzene rings is 1. The van der Waals surface area contributed by atoms with Crippen molar-refractivity contribution in [3.8, 4) is 0 Å². The molecule has 0 aromatic heterocycles. The van der Waals surface area contributed by atoms with Gasteiger partial charge in [0.15, 0.2) is 0 Å². The van der Waals surface area contributed by atoms with E-state index in [0.29, 0.717) is 31.1 Å². The third-order valence-corrected chi connectivity index (χ3v) is 7.13. The van der Waals surface area contributed by atoms with Gasteiger partial charge in [0, 0.05) is 23.7 Å². The van der Waals surface area contributed by atoms with Crippen LogP contribution in [0.15, 0.2) is 18.2 Å². The Balaban J connectivity index is 2.94. The minimum atomic E-state index is -0.548. The lowest BCUT2D eigenvalue weighted by Crippen LogP contribution is -2.76. The van der Waals surface area contributed by atoms with Crippen molar-refractivity contribution in [3.63, 3.8) is 0 Å². The van der Waals surface area contributed by atoms with Crippen LogP contribution in [0, 0.1) is 6.92 Å². The van der Waals surface area contributed by atoms with Gasteiger partial charge in [0.1, 0.15) is 6.61 Å². The summed E-state index contributed by atoms with van der Waals surface area (Å²) in [6.45, 7) is 13.0. The molecule has 222 valence electrons. The number of nitrogens with one attached hydrogen (secondary N) is 3. The third kappa shape index (κ3) is 15.8. The Hall–Kier alpha value is -2.26. The molecule has 1 rings (SSSR count). The van der Waals surface area contributed by atoms with Gasteiger partial charge in [0.25, 0.3) is 0 Å². The van der Waals surface area contributed by atoms with Crippen LogP contribution in [0.5, 0.6) is 0 Å². The summed E-state index contributed by atoms with van der Waals surface area (Å²) in [5.74, 6) is 0.877. The first-order valence-electron chi connectivity index (χ1n) is 14.9. The van der Waals surface area contributed by atoms with Gasteiger partial charge < -0.3 is 9.47 Å². The predicted octanol–water partition coefficient (Wildman–Crippen LogP) is 6.54. The second kappa shape index (κ2) is 22.5. The monoisotopic (exact) mass is 565 g/mol. The lowest BCUT2D eigenvalue weighted by atomic mass is 10.1.